The smallest absolute Gasteiger partial charge is 0.138 e. The van der Waals surface area contributed by atoms with Crippen molar-refractivity contribution < 1.29 is 3.89 Å². The number of nitrogens with zero attached hydrogens (tertiary/aromatic N) is 1. The third kappa shape index (κ3) is 2.12. The molecule has 0 spiro atoms. The van der Waals surface area contributed by atoms with Gasteiger partial charge in [0.05, 0.1) is 9.79 Å². The molecule has 1 unspecified atom stereocenters. The van der Waals surface area contributed by atoms with Crippen molar-refractivity contribution in [1.82, 2.24) is 0 Å². The summed E-state index contributed by atoms with van der Waals surface area (Å²) in [6.07, 6.45) is 0. The van der Waals surface area contributed by atoms with Crippen molar-refractivity contribution in [3.8, 4) is 0 Å². The molecule has 0 amide bonds. The number of hydrogen-bond donors (Lipinski definition) is 0. The molecule has 0 saturated heterocycles. The molecule has 0 aromatic heterocycles. The van der Waals surface area contributed by atoms with Crippen molar-refractivity contribution in [3.63, 3.8) is 0 Å². The van der Waals surface area contributed by atoms with Gasteiger partial charge in [-0.2, -0.15) is 4.61 Å². The lowest BCUT2D eigenvalue weighted by Crippen LogP contribution is -1.82. The zero-order chi connectivity index (χ0) is 11.6. The number of hydrogen-bond acceptors (Lipinski definition) is 1. The van der Waals surface area contributed by atoms with E-state index in [2.05, 4.69) is 0 Å². The Morgan fingerprint density at radius 3 is 1.94 bits per heavy atom. The van der Waals surface area contributed by atoms with Crippen LogP contribution >= 0.6 is 21.6 Å². The Labute approximate surface area is 99.7 Å². The van der Waals surface area contributed by atoms with Crippen LogP contribution in [0.3, 0.4) is 0 Å². The lowest BCUT2D eigenvalue weighted by molar-refractivity contribution is 0.890. The van der Waals surface area contributed by atoms with E-state index in [0.717, 1.165) is 0 Å². The molecule has 16 heavy (non-hydrogen) atoms. The topological polar surface area (TPSA) is 23.8 Å². The normalized spacial score (nSPS) is 14.3. The lowest BCUT2D eigenvalue weighted by Gasteiger charge is -2.10. The average molecular weight is 254 g/mol. The summed E-state index contributed by atoms with van der Waals surface area (Å²) in [4.78, 5) is 0.542. The Kier molecular flexibility index (Phi) is 3.01. The fraction of sp³-hybridized carbons (Fsp3) is 0. The molecule has 0 fully saturated rings. The van der Waals surface area contributed by atoms with Crippen molar-refractivity contribution in [2.75, 3.05) is 0 Å². The van der Waals surface area contributed by atoms with Gasteiger partial charge >= 0.3 is 0 Å². The van der Waals surface area contributed by atoms with Crippen molar-refractivity contribution in [1.29, 1.82) is 4.61 Å². The molecule has 1 atom stereocenters. The number of halogens is 2. The summed E-state index contributed by atoms with van der Waals surface area (Å²) in [7, 11) is -3.41. The highest BCUT2D eigenvalue weighted by atomic mass is 35.5. The molecule has 0 heterocycles. The zero-order valence-corrected chi connectivity index (χ0v) is 9.88. The van der Waals surface area contributed by atoms with Gasteiger partial charge in [0, 0.05) is 5.02 Å². The maximum absolute atomic E-state index is 14.3. The molecule has 4 heteroatoms. The van der Waals surface area contributed by atoms with Gasteiger partial charge in [0.15, 0.2) is 0 Å². The molecule has 0 bridgehead atoms. The van der Waals surface area contributed by atoms with E-state index >= 15 is 0 Å². The van der Waals surface area contributed by atoms with Gasteiger partial charge in [-0.05, 0) is 36.4 Å². The zero-order valence-electron chi connectivity index (χ0n) is 8.31. The van der Waals surface area contributed by atoms with Crippen LogP contribution in [0.4, 0.5) is 3.89 Å². The third-order valence-electron chi connectivity index (χ3n) is 2.18. The molecule has 2 rings (SSSR count). The summed E-state index contributed by atoms with van der Waals surface area (Å²) in [5.41, 5.74) is 0. The number of rotatable bonds is 0. The van der Waals surface area contributed by atoms with Crippen LogP contribution in [0.15, 0.2) is 64.4 Å². The summed E-state index contributed by atoms with van der Waals surface area (Å²) >= 11 is 5.71. The predicted octanol–water partition coefficient (Wildman–Crippen LogP) is 4.93. The largest absolute Gasteiger partial charge is 0.188 e. The van der Waals surface area contributed by atoms with E-state index in [-0.39, 0.29) is 9.79 Å². The van der Waals surface area contributed by atoms with E-state index in [9.17, 15) is 8.49 Å². The van der Waals surface area contributed by atoms with Crippen molar-refractivity contribution >= 4 is 21.6 Å². The van der Waals surface area contributed by atoms with Gasteiger partial charge in [0.25, 0.3) is 0 Å². The second-order valence-electron chi connectivity index (χ2n) is 3.27. The maximum atomic E-state index is 14.3. The fourth-order valence-electron chi connectivity index (χ4n) is 1.35. The highest BCUT2D eigenvalue weighted by Crippen LogP contribution is 2.50. The monoisotopic (exact) mass is 253 g/mol. The molecular formula is C12H9ClFNS. The summed E-state index contributed by atoms with van der Waals surface area (Å²) in [5.74, 6) is 0. The Hall–Kier alpha value is -1.28. The summed E-state index contributed by atoms with van der Waals surface area (Å²) in [6, 6.07) is 14.5. The van der Waals surface area contributed by atoms with E-state index in [1.807, 2.05) is 0 Å². The first-order valence-electron chi connectivity index (χ1n) is 4.67. The van der Waals surface area contributed by atoms with Crippen molar-refractivity contribution in [3.05, 3.63) is 59.6 Å². The highest BCUT2D eigenvalue weighted by molar-refractivity contribution is 8.17. The summed E-state index contributed by atoms with van der Waals surface area (Å²) in [6.45, 7) is 0. The van der Waals surface area contributed by atoms with Crippen LogP contribution in [-0.2, 0) is 0 Å². The van der Waals surface area contributed by atoms with Gasteiger partial charge in [0.1, 0.15) is 10.0 Å². The second-order valence-corrected chi connectivity index (χ2v) is 5.67. The molecule has 0 aliphatic rings. The predicted molar refractivity (Wildman–Crippen MR) is 64.9 cm³/mol. The second kappa shape index (κ2) is 4.30. The van der Waals surface area contributed by atoms with Crippen LogP contribution in [0.5, 0.6) is 0 Å². The van der Waals surface area contributed by atoms with Gasteiger partial charge in [0.2, 0.25) is 0 Å². The van der Waals surface area contributed by atoms with Gasteiger partial charge in [-0.1, -0.05) is 29.8 Å². The number of benzene rings is 2. The minimum Gasteiger partial charge on any atom is -0.188 e. The Balaban J connectivity index is 2.49. The average Bonchev–Trinajstić information content (AvgIpc) is 2.31. The van der Waals surface area contributed by atoms with Gasteiger partial charge < -0.3 is 0 Å². The molecule has 0 radical (unpaired) electrons. The van der Waals surface area contributed by atoms with Gasteiger partial charge in [-0.25, -0.2) is 0 Å². The van der Waals surface area contributed by atoms with Crippen LogP contribution in [0.2, 0.25) is 5.02 Å². The molecule has 0 N–H and O–H groups in total. The van der Waals surface area contributed by atoms with Crippen molar-refractivity contribution in [2.24, 2.45) is 0 Å². The lowest BCUT2D eigenvalue weighted by atomic mass is 10.4. The molecule has 0 saturated carbocycles. The standard InChI is InChI=1S/C12H9ClFNS/c13-10-6-8-12(9-7-10)16(14,15)11-4-2-1-3-5-11/h1-9H. The molecule has 1 nitrogen and oxygen atoms in total. The van der Waals surface area contributed by atoms with Crippen LogP contribution < -0.4 is 0 Å². The van der Waals surface area contributed by atoms with E-state index in [0.29, 0.717) is 5.02 Å². The SMILES string of the molecule is N#S(F)(c1ccccc1)c1ccc(Cl)cc1. The maximum Gasteiger partial charge on any atom is 0.138 e. The molecule has 82 valence electrons. The van der Waals surface area contributed by atoms with Gasteiger partial charge in [-0.3, -0.25) is 0 Å². The van der Waals surface area contributed by atoms with Crippen LogP contribution in [0.1, 0.15) is 0 Å². The molecule has 0 aliphatic carbocycles. The van der Waals surface area contributed by atoms with E-state index in [4.69, 9.17) is 11.6 Å². The summed E-state index contributed by atoms with van der Waals surface area (Å²) < 4.78 is 24.2. The Morgan fingerprint density at radius 1 is 0.875 bits per heavy atom. The first-order chi connectivity index (χ1) is 7.60. The van der Waals surface area contributed by atoms with E-state index in [1.54, 1.807) is 42.5 Å². The summed E-state index contributed by atoms with van der Waals surface area (Å²) in [5, 5.41) is 0.520. The van der Waals surface area contributed by atoms with Crippen LogP contribution in [0, 0.1) is 4.61 Å². The third-order valence-corrected chi connectivity index (χ3v) is 4.23. The first-order valence-corrected chi connectivity index (χ1v) is 6.53. The highest BCUT2D eigenvalue weighted by Gasteiger charge is 2.18. The molecule has 0 aliphatic heterocycles. The minimum absolute atomic E-state index is 0.253. The Bertz CT molecular complexity index is 583. The van der Waals surface area contributed by atoms with Gasteiger partial charge in [-0.15, -0.1) is 3.89 Å². The quantitative estimate of drug-likeness (QED) is 0.653. The minimum atomic E-state index is -3.41. The first kappa shape index (κ1) is 11.2. The van der Waals surface area contributed by atoms with Crippen LogP contribution in [-0.4, -0.2) is 0 Å². The Morgan fingerprint density at radius 2 is 1.38 bits per heavy atom. The molecule has 2 aromatic carbocycles. The van der Waals surface area contributed by atoms with E-state index in [1.165, 1.54) is 12.1 Å². The van der Waals surface area contributed by atoms with Crippen molar-refractivity contribution in [2.45, 2.75) is 9.79 Å². The van der Waals surface area contributed by atoms with Crippen LogP contribution in [0.25, 0.3) is 0 Å². The fourth-order valence-corrected chi connectivity index (χ4v) is 2.76. The van der Waals surface area contributed by atoms with E-state index < -0.39 is 10.0 Å². The molecular weight excluding hydrogens is 245 g/mol. The molecule has 2 aromatic rings.